The molecule has 1 aliphatic carbocycles. The van der Waals surface area contributed by atoms with E-state index in [0.29, 0.717) is 32.3 Å². The van der Waals surface area contributed by atoms with E-state index >= 15 is 0 Å². The van der Waals surface area contributed by atoms with E-state index < -0.39 is 5.60 Å². The summed E-state index contributed by atoms with van der Waals surface area (Å²) >= 11 is 0. The standard InChI is InChI=1S/C18H35NO5/c1-5-8-21-9-10-22-11-12-23-14-15-6-7-16(13-15)19-17(20)24-18(2,3)4/h15-16H,5-14H2,1-4H3,(H,19,20)/t15-,16-/m1/s1. The normalized spacial score (nSPS) is 21.0. The van der Waals surface area contributed by atoms with Gasteiger partial charge in [-0.15, -0.1) is 0 Å². The molecule has 0 unspecified atom stereocenters. The second-order valence-electron chi connectivity index (χ2n) is 7.32. The highest BCUT2D eigenvalue weighted by Gasteiger charge is 2.27. The van der Waals surface area contributed by atoms with Crippen LogP contribution in [-0.2, 0) is 18.9 Å². The summed E-state index contributed by atoms with van der Waals surface area (Å²) in [5.74, 6) is 0.498. The molecule has 24 heavy (non-hydrogen) atoms. The van der Waals surface area contributed by atoms with Crippen molar-refractivity contribution in [2.45, 2.75) is 65.0 Å². The van der Waals surface area contributed by atoms with Crippen LogP contribution >= 0.6 is 0 Å². The van der Waals surface area contributed by atoms with Crippen molar-refractivity contribution in [2.24, 2.45) is 5.92 Å². The number of hydrogen-bond donors (Lipinski definition) is 1. The minimum Gasteiger partial charge on any atom is -0.444 e. The van der Waals surface area contributed by atoms with Crippen LogP contribution in [0.3, 0.4) is 0 Å². The first kappa shape index (κ1) is 21.2. The summed E-state index contributed by atoms with van der Waals surface area (Å²) in [7, 11) is 0. The fourth-order valence-electron chi connectivity index (χ4n) is 2.67. The third-order valence-corrected chi connectivity index (χ3v) is 3.71. The van der Waals surface area contributed by atoms with E-state index in [9.17, 15) is 4.79 Å². The second kappa shape index (κ2) is 11.7. The molecule has 0 spiro atoms. The van der Waals surface area contributed by atoms with Gasteiger partial charge in [-0.2, -0.15) is 0 Å². The number of amides is 1. The maximum absolute atomic E-state index is 11.8. The Labute approximate surface area is 146 Å². The van der Waals surface area contributed by atoms with Crippen molar-refractivity contribution in [3.63, 3.8) is 0 Å². The lowest BCUT2D eigenvalue weighted by molar-refractivity contribution is 0.00761. The van der Waals surface area contributed by atoms with E-state index in [1.807, 2.05) is 20.8 Å². The van der Waals surface area contributed by atoms with Crippen LogP contribution < -0.4 is 5.32 Å². The zero-order valence-electron chi connectivity index (χ0n) is 15.8. The first-order chi connectivity index (χ1) is 11.4. The van der Waals surface area contributed by atoms with Gasteiger partial charge in [0.2, 0.25) is 0 Å². The maximum atomic E-state index is 11.8. The van der Waals surface area contributed by atoms with Crippen molar-refractivity contribution in [1.82, 2.24) is 5.32 Å². The Morgan fingerprint density at radius 1 is 1.00 bits per heavy atom. The van der Waals surface area contributed by atoms with Gasteiger partial charge in [-0.3, -0.25) is 0 Å². The maximum Gasteiger partial charge on any atom is 0.407 e. The van der Waals surface area contributed by atoms with Gasteiger partial charge in [-0.1, -0.05) is 6.92 Å². The van der Waals surface area contributed by atoms with Gasteiger partial charge in [-0.05, 0) is 52.4 Å². The molecule has 6 heteroatoms. The molecule has 0 aromatic heterocycles. The van der Waals surface area contributed by atoms with E-state index in [1.54, 1.807) is 0 Å². The van der Waals surface area contributed by atoms with Gasteiger partial charge in [0.05, 0.1) is 26.4 Å². The van der Waals surface area contributed by atoms with Crippen LogP contribution in [0.25, 0.3) is 0 Å². The Bertz CT molecular complexity index is 343. The van der Waals surface area contributed by atoms with Crippen molar-refractivity contribution >= 4 is 6.09 Å². The highest BCUT2D eigenvalue weighted by Crippen LogP contribution is 2.26. The molecule has 1 fully saturated rings. The molecular weight excluding hydrogens is 310 g/mol. The Morgan fingerprint density at radius 2 is 1.62 bits per heavy atom. The Morgan fingerprint density at radius 3 is 2.25 bits per heavy atom. The van der Waals surface area contributed by atoms with E-state index in [-0.39, 0.29) is 12.1 Å². The van der Waals surface area contributed by atoms with Gasteiger partial charge in [0.1, 0.15) is 5.60 Å². The lowest BCUT2D eigenvalue weighted by Gasteiger charge is -2.21. The average Bonchev–Trinajstić information content (AvgIpc) is 2.91. The van der Waals surface area contributed by atoms with Gasteiger partial charge < -0.3 is 24.3 Å². The minimum atomic E-state index is -0.452. The molecule has 0 saturated heterocycles. The Balaban J connectivity index is 1.98. The fraction of sp³-hybridized carbons (Fsp3) is 0.944. The minimum absolute atomic E-state index is 0.195. The third-order valence-electron chi connectivity index (χ3n) is 3.71. The molecule has 142 valence electrons. The lowest BCUT2D eigenvalue weighted by Crippen LogP contribution is -2.38. The molecule has 1 N–H and O–H groups in total. The van der Waals surface area contributed by atoms with Crippen LogP contribution in [0.1, 0.15) is 53.4 Å². The SMILES string of the molecule is CCCOCCOCCOC[C@@H]1CC[C@@H](NC(=O)OC(C)(C)C)C1. The van der Waals surface area contributed by atoms with E-state index in [1.165, 1.54) is 0 Å². The van der Waals surface area contributed by atoms with E-state index in [0.717, 1.165) is 38.9 Å². The summed E-state index contributed by atoms with van der Waals surface area (Å²) in [5.41, 5.74) is -0.452. The number of nitrogens with one attached hydrogen (secondary N) is 1. The van der Waals surface area contributed by atoms with Crippen LogP contribution in [0, 0.1) is 5.92 Å². The monoisotopic (exact) mass is 345 g/mol. The van der Waals surface area contributed by atoms with Crippen LogP contribution in [0.15, 0.2) is 0 Å². The van der Waals surface area contributed by atoms with E-state index in [2.05, 4.69) is 12.2 Å². The van der Waals surface area contributed by atoms with Crippen LogP contribution in [0.2, 0.25) is 0 Å². The quantitative estimate of drug-likeness (QED) is 0.583. The number of carbonyl (C=O) groups is 1. The van der Waals surface area contributed by atoms with Crippen LogP contribution in [0.5, 0.6) is 0 Å². The first-order valence-electron chi connectivity index (χ1n) is 9.13. The molecule has 0 aromatic rings. The van der Waals surface area contributed by atoms with Gasteiger partial charge in [0, 0.05) is 19.3 Å². The molecule has 0 radical (unpaired) electrons. The summed E-state index contributed by atoms with van der Waals surface area (Å²) < 4.78 is 21.7. The smallest absolute Gasteiger partial charge is 0.407 e. The third kappa shape index (κ3) is 10.8. The van der Waals surface area contributed by atoms with Crippen molar-refractivity contribution in [3.8, 4) is 0 Å². The van der Waals surface area contributed by atoms with Crippen LogP contribution in [-0.4, -0.2) is 57.4 Å². The van der Waals surface area contributed by atoms with Gasteiger partial charge >= 0.3 is 6.09 Å². The first-order valence-corrected chi connectivity index (χ1v) is 9.13. The van der Waals surface area contributed by atoms with Gasteiger partial charge in [-0.25, -0.2) is 4.79 Å². The van der Waals surface area contributed by atoms with Crippen molar-refractivity contribution in [1.29, 1.82) is 0 Å². The number of rotatable bonds is 11. The largest absolute Gasteiger partial charge is 0.444 e. The number of hydrogen-bond acceptors (Lipinski definition) is 5. The second-order valence-corrected chi connectivity index (χ2v) is 7.32. The molecule has 1 aliphatic rings. The average molecular weight is 345 g/mol. The van der Waals surface area contributed by atoms with Crippen molar-refractivity contribution in [3.05, 3.63) is 0 Å². The highest BCUT2D eigenvalue weighted by molar-refractivity contribution is 5.68. The zero-order chi connectivity index (χ0) is 17.8. The lowest BCUT2D eigenvalue weighted by atomic mass is 10.1. The summed E-state index contributed by atoms with van der Waals surface area (Å²) in [6.07, 6.45) is 3.72. The van der Waals surface area contributed by atoms with E-state index in [4.69, 9.17) is 18.9 Å². The summed E-state index contributed by atoms with van der Waals surface area (Å²) in [6.45, 7) is 11.7. The van der Waals surface area contributed by atoms with Gasteiger partial charge in [0.15, 0.2) is 0 Å². The summed E-state index contributed by atoms with van der Waals surface area (Å²) in [6, 6.07) is 0.195. The summed E-state index contributed by atoms with van der Waals surface area (Å²) in [4.78, 5) is 11.8. The predicted molar refractivity (Wildman–Crippen MR) is 93.2 cm³/mol. The highest BCUT2D eigenvalue weighted by atomic mass is 16.6. The summed E-state index contributed by atoms with van der Waals surface area (Å²) in [5, 5.41) is 2.95. The number of ether oxygens (including phenoxy) is 4. The Hall–Kier alpha value is -0.850. The molecule has 0 aliphatic heterocycles. The molecule has 1 rings (SSSR count). The number of alkyl carbamates (subject to hydrolysis) is 1. The molecule has 1 saturated carbocycles. The zero-order valence-corrected chi connectivity index (χ0v) is 15.8. The molecule has 0 bridgehead atoms. The molecular formula is C18H35NO5. The van der Waals surface area contributed by atoms with Crippen LogP contribution in [0.4, 0.5) is 4.79 Å². The fourth-order valence-corrected chi connectivity index (χ4v) is 2.67. The van der Waals surface area contributed by atoms with Gasteiger partial charge in [0.25, 0.3) is 0 Å². The Kier molecular flexibility index (Phi) is 10.3. The molecule has 2 atom stereocenters. The topological polar surface area (TPSA) is 66.0 Å². The molecule has 1 amide bonds. The molecule has 0 aromatic carbocycles. The number of carbonyl (C=O) groups excluding carboxylic acids is 1. The molecule has 0 heterocycles. The molecule has 6 nitrogen and oxygen atoms in total. The van der Waals surface area contributed by atoms with Crippen molar-refractivity contribution < 1.29 is 23.7 Å². The van der Waals surface area contributed by atoms with Crippen molar-refractivity contribution in [2.75, 3.05) is 39.6 Å². The predicted octanol–water partition coefficient (Wildman–Crippen LogP) is 3.14.